The maximum absolute atomic E-state index is 10.6. The van der Waals surface area contributed by atoms with Gasteiger partial charge in [-0.2, -0.15) is 0 Å². The molecule has 1 atom stereocenters. The fourth-order valence-electron chi connectivity index (χ4n) is 3.09. The molecule has 20 heavy (non-hydrogen) atoms. The summed E-state index contributed by atoms with van der Waals surface area (Å²) in [5.74, 6) is 0.266. The van der Waals surface area contributed by atoms with Crippen molar-refractivity contribution < 1.29 is 5.11 Å². The molecule has 0 aromatic carbocycles. The maximum atomic E-state index is 10.6. The van der Waals surface area contributed by atoms with Crippen LogP contribution in [0.15, 0.2) is 12.4 Å². The van der Waals surface area contributed by atoms with E-state index in [0.29, 0.717) is 10.8 Å². The Morgan fingerprint density at radius 3 is 1.95 bits per heavy atom. The Labute approximate surface area is 126 Å². The SMILES string of the molecule is OC(c1nccnc1Cl)C1CCCCCCCCCC1. The first-order valence-electron chi connectivity index (χ1n) is 7.93. The highest BCUT2D eigenvalue weighted by Gasteiger charge is 2.24. The van der Waals surface area contributed by atoms with Gasteiger partial charge in [0.05, 0.1) is 0 Å². The smallest absolute Gasteiger partial charge is 0.153 e. The van der Waals surface area contributed by atoms with E-state index in [-0.39, 0.29) is 5.92 Å². The minimum atomic E-state index is -0.572. The van der Waals surface area contributed by atoms with Crippen molar-refractivity contribution in [3.63, 3.8) is 0 Å². The van der Waals surface area contributed by atoms with Gasteiger partial charge in [-0.3, -0.25) is 4.98 Å². The quantitative estimate of drug-likeness (QED) is 0.861. The van der Waals surface area contributed by atoms with Crippen LogP contribution in [-0.4, -0.2) is 15.1 Å². The van der Waals surface area contributed by atoms with Gasteiger partial charge in [0, 0.05) is 12.4 Å². The molecule has 1 aliphatic rings. The molecule has 0 amide bonds. The van der Waals surface area contributed by atoms with Crippen LogP contribution in [0.2, 0.25) is 5.15 Å². The van der Waals surface area contributed by atoms with Gasteiger partial charge in [0.1, 0.15) is 11.8 Å². The van der Waals surface area contributed by atoms with Gasteiger partial charge < -0.3 is 5.11 Å². The molecule has 0 radical (unpaired) electrons. The van der Waals surface area contributed by atoms with Crippen LogP contribution in [0.4, 0.5) is 0 Å². The molecule has 1 aliphatic carbocycles. The van der Waals surface area contributed by atoms with Crippen LogP contribution in [0, 0.1) is 5.92 Å². The summed E-state index contributed by atoms with van der Waals surface area (Å²) in [6, 6.07) is 0. The average Bonchev–Trinajstić information content (AvgIpc) is 2.52. The first-order chi connectivity index (χ1) is 9.79. The molecule has 0 bridgehead atoms. The average molecular weight is 297 g/mol. The molecular formula is C16H25ClN2O. The highest BCUT2D eigenvalue weighted by Crippen LogP contribution is 2.33. The summed E-state index contributed by atoms with van der Waals surface area (Å²) in [5, 5.41) is 10.9. The largest absolute Gasteiger partial charge is 0.386 e. The number of halogens is 1. The lowest BCUT2D eigenvalue weighted by Gasteiger charge is -2.22. The Bertz CT molecular complexity index is 388. The maximum Gasteiger partial charge on any atom is 0.153 e. The van der Waals surface area contributed by atoms with Crippen LogP contribution in [0.1, 0.15) is 76.0 Å². The summed E-state index contributed by atoms with van der Waals surface area (Å²) in [7, 11) is 0. The van der Waals surface area contributed by atoms with Crippen LogP contribution in [0.5, 0.6) is 0 Å². The number of aromatic nitrogens is 2. The van der Waals surface area contributed by atoms with Gasteiger partial charge in [-0.1, -0.05) is 63.0 Å². The number of hydrogen-bond donors (Lipinski definition) is 1. The Hall–Kier alpha value is -0.670. The number of aliphatic hydroxyl groups excluding tert-OH is 1. The van der Waals surface area contributed by atoms with Gasteiger partial charge in [0.2, 0.25) is 0 Å². The Morgan fingerprint density at radius 2 is 1.40 bits per heavy atom. The highest BCUT2D eigenvalue weighted by molar-refractivity contribution is 6.30. The van der Waals surface area contributed by atoms with Gasteiger partial charge in [0.15, 0.2) is 5.15 Å². The third-order valence-corrected chi connectivity index (χ3v) is 4.60. The predicted molar refractivity (Wildman–Crippen MR) is 81.7 cm³/mol. The number of rotatable bonds is 2. The second-order valence-electron chi connectivity index (χ2n) is 5.84. The van der Waals surface area contributed by atoms with Gasteiger partial charge in [-0.25, -0.2) is 4.98 Å². The Kier molecular flexibility index (Phi) is 6.74. The minimum Gasteiger partial charge on any atom is -0.386 e. The van der Waals surface area contributed by atoms with Gasteiger partial charge in [0.25, 0.3) is 0 Å². The monoisotopic (exact) mass is 296 g/mol. The van der Waals surface area contributed by atoms with E-state index in [1.807, 2.05) is 0 Å². The fraction of sp³-hybridized carbons (Fsp3) is 0.750. The number of hydrogen-bond acceptors (Lipinski definition) is 3. The van der Waals surface area contributed by atoms with Crippen molar-refractivity contribution in [3.8, 4) is 0 Å². The summed E-state index contributed by atoms with van der Waals surface area (Å²) in [6.07, 6.45) is 15.1. The molecule has 112 valence electrons. The molecule has 1 N–H and O–H groups in total. The van der Waals surface area contributed by atoms with Crippen molar-refractivity contribution in [2.24, 2.45) is 5.92 Å². The van der Waals surface area contributed by atoms with E-state index in [4.69, 9.17) is 11.6 Å². The zero-order valence-corrected chi connectivity index (χ0v) is 12.9. The second-order valence-corrected chi connectivity index (χ2v) is 6.20. The first kappa shape index (κ1) is 15.7. The summed E-state index contributed by atoms with van der Waals surface area (Å²) in [5.41, 5.74) is 0.550. The zero-order chi connectivity index (χ0) is 14.2. The van der Waals surface area contributed by atoms with E-state index in [1.54, 1.807) is 12.4 Å². The van der Waals surface area contributed by atoms with Crippen molar-refractivity contribution in [3.05, 3.63) is 23.2 Å². The molecule has 2 rings (SSSR count). The summed E-state index contributed by atoms with van der Waals surface area (Å²) in [4.78, 5) is 8.25. The van der Waals surface area contributed by atoms with Gasteiger partial charge >= 0.3 is 0 Å². The summed E-state index contributed by atoms with van der Waals surface area (Å²) >= 11 is 6.06. The molecule has 4 heteroatoms. The molecule has 1 unspecified atom stereocenters. The Morgan fingerprint density at radius 1 is 0.900 bits per heavy atom. The lowest BCUT2D eigenvalue weighted by atomic mass is 9.89. The Balaban J connectivity index is 2.00. The highest BCUT2D eigenvalue weighted by atomic mass is 35.5. The first-order valence-corrected chi connectivity index (χ1v) is 8.31. The topological polar surface area (TPSA) is 46.0 Å². The summed E-state index contributed by atoms with van der Waals surface area (Å²) in [6.45, 7) is 0. The van der Waals surface area contributed by atoms with Crippen LogP contribution < -0.4 is 0 Å². The fourth-order valence-corrected chi connectivity index (χ4v) is 3.30. The van der Waals surface area contributed by atoms with E-state index < -0.39 is 6.10 Å². The van der Waals surface area contributed by atoms with Crippen molar-refractivity contribution in [2.45, 2.75) is 70.3 Å². The molecule has 1 aromatic rings. The van der Waals surface area contributed by atoms with E-state index in [9.17, 15) is 5.11 Å². The molecule has 0 saturated heterocycles. The molecule has 1 fully saturated rings. The van der Waals surface area contributed by atoms with E-state index in [0.717, 1.165) is 12.8 Å². The lowest BCUT2D eigenvalue weighted by Crippen LogP contribution is -2.15. The number of nitrogens with zero attached hydrogens (tertiary/aromatic N) is 2. The summed E-state index contributed by atoms with van der Waals surface area (Å²) < 4.78 is 0. The van der Waals surface area contributed by atoms with Crippen LogP contribution in [0.25, 0.3) is 0 Å². The molecule has 0 spiro atoms. The zero-order valence-electron chi connectivity index (χ0n) is 12.1. The van der Waals surface area contributed by atoms with E-state index in [2.05, 4.69) is 9.97 Å². The van der Waals surface area contributed by atoms with Crippen LogP contribution in [-0.2, 0) is 0 Å². The van der Waals surface area contributed by atoms with Gasteiger partial charge in [-0.05, 0) is 18.8 Å². The minimum absolute atomic E-state index is 0.266. The van der Waals surface area contributed by atoms with Crippen molar-refractivity contribution in [1.82, 2.24) is 9.97 Å². The third kappa shape index (κ3) is 4.71. The van der Waals surface area contributed by atoms with Crippen molar-refractivity contribution in [2.75, 3.05) is 0 Å². The molecule has 3 nitrogen and oxygen atoms in total. The molecular weight excluding hydrogens is 272 g/mol. The molecule has 1 saturated carbocycles. The molecule has 1 heterocycles. The molecule has 0 aliphatic heterocycles. The standard InChI is InChI=1S/C16H25ClN2O/c17-16-14(18-11-12-19-16)15(20)13-9-7-5-3-1-2-4-6-8-10-13/h11-13,15,20H,1-10H2. The van der Waals surface area contributed by atoms with E-state index in [1.165, 1.54) is 51.4 Å². The third-order valence-electron chi connectivity index (χ3n) is 4.31. The van der Waals surface area contributed by atoms with Crippen LogP contribution >= 0.6 is 11.6 Å². The van der Waals surface area contributed by atoms with Gasteiger partial charge in [-0.15, -0.1) is 0 Å². The number of aliphatic hydroxyl groups is 1. The normalized spacial score (nSPS) is 21.1. The molecule has 1 aromatic heterocycles. The predicted octanol–water partition coefficient (Wildman–Crippen LogP) is 4.69. The lowest BCUT2D eigenvalue weighted by molar-refractivity contribution is 0.0901. The van der Waals surface area contributed by atoms with Crippen molar-refractivity contribution in [1.29, 1.82) is 0 Å². The van der Waals surface area contributed by atoms with E-state index >= 15 is 0 Å². The van der Waals surface area contributed by atoms with Crippen LogP contribution in [0.3, 0.4) is 0 Å². The second kappa shape index (κ2) is 8.58. The van der Waals surface area contributed by atoms with Crippen molar-refractivity contribution >= 4 is 11.6 Å².